The first-order chi connectivity index (χ1) is 15.7. The molecular weight excluding hydrogens is 443 g/mol. The van der Waals surface area contributed by atoms with Crippen LogP contribution >= 0.6 is 0 Å². The lowest BCUT2D eigenvalue weighted by atomic mass is 10.2. The monoisotopic (exact) mass is 459 g/mol. The van der Waals surface area contributed by atoms with E-state index in [1.807, 2.05) is 0 Å². The Bertz CT molecular complexity index is 1190. The Labute approximate surface area is 184 Å². The normalized spacial score (nSPS) is 15.7. The van der Waals surface area contributed by atoms with Crippen LogP contribution in [0, 0.1) is 0 Å². The highest BCUT2D eigenvalue weighted by Crippen LogP contribution is 2.28. The quantitative estimate of drug-likeness (QED) is 0.508. The third kappa shape index (κ3) is 5.14. The van der Waals surface area contributed by atoms with Gasteiger partial charge in [0, 0.05) is 18.2 Å². The topological polar surface area (TPSA) is 145 Å². The zero-order chi connectivity index (χ0) is 23.6. The number of halogens is 3. The van der Waals surface area contributed by atoms with Crippen molar-refractivity contribution in [3.05, 3.63) is 54.1 Å². The summed E-state index contributed by atoms with van der Waals surface area (Å²) in [5.41, 5.74) is 4.71. The number of primary amides is 1. The maximum absolute atomic E-state index is 12.6. The Hall–Kier alpha value is -4.29. The van der Waals surface area contributed by atoms with Gasteiger partial charge in [-0.25, -0.2) is 19.9 Å². The number of nitrogens with two attached hydrogens (primary N) is 1. The van der Waals surface area contributed by atoms with E-state index < -0.39 is 23.8 Å². The molecule has 1 unspecified atom stereocenters. The molecule has 33 heavy (non-hydrogen) atoms. The van der Waals surface area contributed by atoms with Gasteiger partial charge in [0.15, 0.2) is 11.5 Å². The van der Waals surface area contributed by atoms with E-state index in [-0.39, 0.29) is 34.9 Å². The van der Waals surface area contributed by atoms with Crippen LogP contribution in [0.4, 0.5) is 19.0 Å². The molecule has 4 N–H and O–H groups in total. The Morgan fingerprint density at radius 1 is 1.15 bits per heavy atom. The van der Waals surface area contributed by atoms with Crippen LogP contribution in [0.1, 0.15) is 22.6 Å². The minimum absolute atomic E-state index is 0.0405. The molecule has 0 saturated carbocycles. The molecule has 1 aliphatic heterocycles. The van der Waals surface area contributed by atoms with Crippen LogP contribution in [-0.4, -0.2) is 44.3 Å². The van der Waals surface area contributed by atoms with E-state index in [9.17, 15) is 22.8 Å². The predicted octanol–water partition coefficient (Wildman–Crippen LogP) is 2.14. The Balaban J connectivity index is 1.54. The van der Waals surface area contributed by atoms with Crippen LogP contribution in [0.3, 0.4) is 0 Å². The fourth-order valence-corrected chi connectivity index (χ4v) is 2.99. The van der Waals surface area contributed by atoms with Gasteiger partial charge in [-0.1, -0.05) is 0 Å². The van der Waals surface area contributed by atoms with Crippen molar-refractivity contribution < 1.29 is 27.5 Å². The molecule has 3 heterocycles. The summed E-state index contributed by atoms with van der Waals surface area (Å²) in [6, 6.07) is 7.07. The lowest BCUT2D eigenvalue weighted by Crippen LogP contribution is -2.30. The van der Waals surface area contributed by atoms with Crippen molar-refractivity contribution in [3.63, 3.8) is 0 Å². The second-order valence-electron chi connectivity index (χ2n) is 6.97. The molecule has 4 rings (SSSR count). The van der Waals surface area contributed by atoms with Gasteiger partial charge in [0.2, 0.25) is 11.8 Å². The summed E-state index contributed by atoms with van der Waals surface area (Å²) >= 11 is 0. The number of nitrogens with one attached hydrogen (secondary N) is 2. The van der Waals surface area contributed by atoms with Gasteiger partial charge in [0.25, 0.3) is 5.91 Å². The zero-order valence-electron chi connectivity index (χ0n) is 16.8. The minimum Gasteiger partial charge on any atom is -0.438 e. The summed E-state index contributed by atoms with van der Waals surface area (Å²) in [7, 11) is 0. The number of nitrogens with zero attached hydrogens (tertiary/aromatic N) is 4. The molecule has 1 aromatic carbocycles. The molecule has 1 aliphatic rings. The van der Waals surface area contributed by atoms with Gasteiger partial charge >= 0.3 is 6.18 Å². The number of ether oxygens (including phenoxy) is 1. The maximum Gasteiger partial charge on any atom is 0.434 e. The summed E-state index contributed by atoms with van der Waals surface area (Å²) in [4.78, 5) is 38.9. The Morgan fingerprint density at radius 3 is 2.48 bits per heavy atom. The van der Waals surface area contributed by atoms with Crippen LogP contribution in [0.15, 0.2) is 42.7 Å². The predicted molar refractivity (Wildman–Crippen MR) is 108 cm³/mol. The molecule has 170 valence electrons. The van der Waals surface area contributed by atoms with Gasteiger partial charge in [-0.15, -0.1) is 0 Å². The molecule has 1 fully saturated rings. The number of carbonyl (C=O) groups excluding carboxylic acids is 2. The van der Waals surface area contributed by atoms with Gasteiger partial charge in [-0.05, 0) is 30.7 Å². The molecule has 10 nitrogen and oxygen atoms in total. The van der Waals surface area contributed by atoms with E-state index in [1.54, 1.807) is 12.1 Å². The third-order valence-electron chi connectivity index (χ3n) is 4.60. The average Bonchev–Trinajstić information content (AvgIpc) is 3.18. The Kier molecular flexibility index (Phi) is 5.77. The van der Waals surface area contributed by atoms with Gasteiger partial charge in [-0.3, -0.25) is 9.59 Å². The smallest absolute Gasteiger partial charge is 0.434 e. The van der Waals surface area contributed by atoms with E-state index in [0.717, 1.165) is 6.20 Å². The molecule has 3 aromatic rings. The summed E-state index contributed by atoms with van der Waals surface area (Å²) in [5.74, 6) is -0.352. The molecule has 2 amide bonds. The zero-order valence-corrected chi connectivity index (χ0v) is 16.8. The van der Waals surface area contributed by atoms with Crippen molar-refractivity contribution in [3.8, 4) is 23.0 Å². The molecule has 0 spiro atoms. The van der Waals surface area contributed by atoms with Crippen molar-refractivity contribution in [2.24, 2.45) is 5.73 Å². The lowest BCUT2D eigenvalue weighted by Gasteiger charge is -2.13. The van der Waals surface area contributed by atoms with Crippen LogP contribution in [0.2, 0.25) is 0 Å². The number of aromatic nitrogens is 4. The van der Waals surface area contributed by atoms with E-state index in [4.69, 9.17) is 10.5 Å². The molecule has 1 saturated heterocycles. The first-order valence-electron chi connectivity index (χ1n) is 9.60. The van der Waals surface area contributed by atoms with Gasteiger partial charge < -0.3 is 21.1 Å². The lowest BCUT2D eigenvalue weighted by molar-refractivity contribution is -0.141. The highest BCUT2D eigenvalue weighted by molar-refractivity contribution is 5.92. The number of rotatable bonds is 6. The van der Waals surface area contributed by atoms with Gasteiger partial charge in [0.1, 0.15) is 23.3 Å². The number of anilines is 1. The summed E-state index contributed by atoms with van der Waals surface area (Å²) < 4.78 is 43.2. The Morgan fingerprint density at radius 2 is 1.91 bits per heavy atom. The standard InChI is InChI=1S/C20H16F3N7O3/c21-20(22,23)14-8-27-16(9-26-14)33-11-3-1-10(2-4-11)18-29-13(17(24)31)7-15(30-18)28-12-5-6-25-19(12)32/h1-4,7-9,12H,5-6H2,(H2,24,31)(H,25,32)(H,28,29,30). The fourth-order valence-electron chi connectivity index (χ4n) is 2.99. The van der Waals surface area contributed by atoms with Crippen molar-refractivity contribution in [2.75, 3.05) is 11.9 Å². The van der Waals surface area contributed by atoms with E-state index >= 15 is 0 Å². The molecule has 0 aliphatic carbocycles. The molecular formula is C20H16F3N7O3. The number of carbonyl (C=O) groups is 2. The van der Waals surface area contributed by atoms with E-state index in [1.165, 1.54) is 18.2 Å². The van der Waals surface area contributed by atoms with Crippen LogP contribution in [0.25, 0.3) is 11.4 Å². The molecule has 0 bridgehead atoms. The van der Waals surface area contributed by atoms with Crippen molar-refractivity contribution in [1.82, 2.24) is 25.3 Å². The number of benzene rings is 1. The molecule has 2 aromatic heterocycles. The first kappa shape index (κ1) is 21.9. The molecule has 13 heteroatoms. The number of hydrogen-bond acceptors (Lipinski definition) is 8. The number of alkyl halides is 3. The maximum atomic E-state index is 12.6. The first-order valence-corrected chi connectivity index (χ1v) is 9.60. The third-order valence-corrected chi connectivity index (χ3v) is 4.60. The fraction of sp³-hybridized carbons (Fsp3) is 0.200. The van der Waals surface area contributed by atoms with Gasteiger partial charge in [-0.2, -0.15) is 13.2 Å². The largest absolute Gasteiger partial charge is 0.438 e. The van der Waals surface area contributed by atoms with Crippen LogP contribution < -0.4 is 21.1 Å². The SMILES string of the molecule is NC(=O)c1cc(NC2CCNC2=O)nc(-c2ccc(Oc3cnc(C(F)(F)F)cn3)cc2)n1. The van der Waals surface area contributed by atoms with E-state index in [0.29, 0.717) is 24.7 Å². The van der Waals surface area contributed by atoms with Gasteiger partial charge in [0.05, 0.1) is 12.4 Å². The number of hydrogen-bond donors (Lipinski definition) is 3. The average molecular weight is 459 g/mol. The van der Waals surface area contributed by atoms with Crippen molar-refractivity contribution >= 4 is 17.6 Å². The second-order valence-corrected chi connectivity index (χ2v) is 6.97. The van der Waals surface area contributed by atoms with Crippen molar-refractivity contribution in [1.29, 1.82) is 0 Å². The van der Waals surface area contributed by atoms with Crippen molar-refractivity contribution in [2.45, 2.75) is 18.6 Å². The van der Waals surface area contributed by atoms with E-state index in [2.05, 4.69) is 30.6 Å². The number of amides is 2. The van der Waals surface area contributed by atoms with Crippen LogP contribution in [0.5, 0.6) is 11.6 Å². The minimum atomic E-state index is -4.60. The molecule has 0 radical (unpaired) electrons. The molecule has 1 atom stereocenters. The second kappa shape index (κ2) is 8.68. The summed E-state index contributed by atoms with van der Waals surface area (Å²) in [5, 5.41) is 5.66. The highest BCUT2D eigenvalue weighted by atomic mass is 19.4. The van der Waals surface area contributed by atoms with Crippen LogP contribution in [-0.2, 0) is 11.0 Å². The summed E-state index contributed by atoms with van der Waals surface area (Å²) in [6.45, 7) is 0.530. The highest BCUT2D eigenvalue weighted by Gasteiger charge is 2.32. The summed E-state index contributed by atoms with van der Waals surface area (Å²) in [6.07, 6.45) is -2.59.